The van der Waals surface area contributed by atoms with Crippen LogP contribution in [-0.4, -0.2) is 83.6 Å². The SMILES string of the molecule is CN1CCN(C(=O)N2CC=C(c3cc4c(N5CCc6ccccc65)ccnc4[nH]3)CC2)CC1. The Hall–Kier alpha value is -3.32. The first-order valence-corrected chi connectivity index (χ1v) is 11.9. The van der Waals surface area contributed by atoms with Gasteiger partial charge in [-0.2, -0.15) is 0 Å². The molecule has 0 atom stereocenters. The van der Waals surface area contributed by atoms with Crippen LogP contribution in [0.15, 0.2) is 48.7 Å². The summed E-state index contributed by atoms with van der Waals surface area (Å²) in [6.07, 6.45) is 6.02. The molecule has 0 spiro atoms. The van der Waals surface area contributed by atoms with Crippen LogP contribution >= 0.6 is 0 Å². The van der Waals surface area contributed by atoms with Crippen LogP contribution in [0.3, 0.4) is 0 Å². The average Bonchev–Trinajstić information content (AvgIpc) is 3.49. The number of benzene rings is 1. The van der Waals surface area contributed by atoms with E-state index in [4.69, 9.17) is 0 Å². The zero-order valence-electron chi connectivity index (χ0n) is 19.1. The summed E-state index contributed by atoms with van der Waals surface area (Å²) in [5.41, 5.74) is 7.20. The summed E-state index contributed by atoms with van der Waals surface area (Å²) in [7, 11) is 2.11. The standard InChI is InChI=1S/C26H30N6O/c1-29-14-16-31(17-15-29)26(33)30-11-7-19(8-12-30)22-18-21-24(6-10-27-25(21)28-22)32-13-9-20-4-2-3-5-23(20)32/h2-7,10,18H,8-9,11-17H2,1H3,(H,27,28). The molecule has 1 fully saturated rings. The largest absolute Gasteiger partial charge is 0.340 e. The number of piperazine rings is 1. The van der Waals surface area contributed by atoms with E-state index >= 15 is 0 Å². The molecule has 7 nitrogen and oxygen atoms in total. The van der Waals surface area contributed by atoms with E-state index < -0.39 is 0 Å². The number of para-hydroxylation sites is 1. The molecule has 2 aromatic heterocycles. The van der Waals surface area contributed by atoms with E-state index in [0.29, 0.717) is 6.54 Å². The van der Waals surface area contributed by atoms with Gasteiger partial charge in [0.05, 0.1) is 5.69 Å². The van der Waals surface area contributed by atoms with Crippen LogP contribution < -0.4 is 4.90 Å². The lowest BCUT2D eigenvalue weighted by Gasteiger charge is -2.37. The van der Waals surface area contributed by atoms with Gasteiger partial charge in [0.15, 0.2) is 0 Å². The van der Waals surface area contributed by atoms with E-state index in [1.54, 1.807) is 0 Å². The summed E-state index contributed by atoms with van der Waals surface area (Å²) in [5, 5.41) is 1.15. The molecule has 3 aromatic rings. The minimum atomic E-state index is 0.173. The highest BCUT2D eigenvalue weighted by atomic mass is 16.2. The zero-order chi connectivity index (χ0) is 22.4. The Labute approximate surface area is 194 Å². The number of carbonyl (C=O) groups is 1. The maximum atomic E-state index is 12.9. The number of urea groups is 1. The third-order valence-corrected chi connectivity index (χ3v) is 7.29. The highest BCUT2D eigenvalue weighted by Crippen LogP contribution is 2.38. The lowest BCUT2D eigenvalue weighted by Crippen LogP contribution is -2.52. The molecule has 0 radical (unpaired) electrons. The molecule has 1 saturated heterocycles. The van der Waals surface area contributed by atoms with Gasteiger partial charge in [0, 0.05) is 68.8 Å². The van der Waals surface area contributed by atoms with Crippen LogP contribution in [0, 0.1) is 0 Å². The number of fused-ring (bicyclic) bond motifs is 2. The Morgan fingerprint density at radius 3 is 2.61 bits per heavy atom. The minimum absolute atomic E-state index is 0.173. The fraction of sp³-hybridized carbons (Fsp3) is 0.385. The summed E-state index contributed by atoms with van der Waals surface area (Å²) in [6.45, 7) is 5.95. The second-order valence-corrected chi connectivity index (χ2v) is 9.30. The van der Waals surface area contributed by atoms with Crippen molar-refractivity contribution in [3.63, 3.8) is 0 Å². The number of likely N-dealkylation sites (N-methyl/N-ethyl adjacent to an activating group) is 1. The van der Waals surface area contributed by atoms with E-state index in [1.807, 2.05) is 16.0 Å². The van der Waals surface area contributed by atoms with E-state index in [9.17, 15) is 4.79 Å². The molecule has 0 saturated carbocycles. The molecule has 1 N–H and O–H groups in total. The number of anilines is 2. The molecule has 3 aliphatic heterocycles. The molecule has 7 heteroatoms. The summed E-state index contributed by atoms with van der Waals surface area (Å²) in [4.78, 5) is 29.7. The smallest absolute Gasteiger partial charge is 0.320 e. The zero-order valence-corrected chi connectivity index (χ0v) is 19.1. The molecule has 1 aromatic carbocycles. The predicted molar refractivity (Wildman–Crippen MR) is 132 cm³/mol. The van der Waals surface area contributed by atoms with Crippen molar-refractivity contribution in [1.82, 2.24) is 24.7 Å². The Morgan fingerprint density at radius 1 is 0.939 bits per heavy atom. The fourth-order valence-electron chi connectivity index (χ4n) is 5.29. The number of rotatable bonds is 2. The molecule has 0 unspecified atom stereocenters. The van der Waals surface area contributed by atoms with Gasteiger partial charge < -0.3 is 24.6 Å². The van der Waals surface area contributed by atoms with Crippen molar-refractivity contribution in [2.45, 2.75) is 12.8 Å². The number of amides is 2. The number of pyridine rings is 1. The average molecular weight is 443 g/mol. The third-order valence-electron chi connectivity index (χ3n) is 7.29. The molecule has 170 valence electrons. The quantitative estimate of drug-likeness (QED) is 0.657. The van der Waals surface area contributed by atoms with Crippen molar-refractivity contribution in [1.29, 1.82) is 0 Å². The van der Waals surface area contributed by atoms with Crippen molar-refractivity contribution >= 4 is 34.0 Å². The predicted octanol–water partition coefficient (Wildman–Crippen LogP) is 3.71. The van der Waals surface area contributed by atoms with Crippen LogP contribution in [-0.2, 0) is 6.42 Å². The maximum absolute atomic E-state index is 12.9. The minimum Gasteiger partial charge on any atom is -0.340 e. The maximum Gasteiger partial charge on any atom is 0.320 e. The lowest BCUT2D eigenvalue weighted by molar-refractivity contribution is 0.125. The van der Waals surface area contributed by atoms with Gasteiger partial charge >= 0.3 is 6.03 Å². The monoisotopic (exact) mass is 442 g/mol. The van der Waals surface area contributed by atoms with Crippen molar-refractivity contribution in [2.75, 3.05) is 57.8 Å². The second-order valence-electron chi connectivity index (χ2n) is 9.30. The number of aromatic amines is 1. The topological polar surface area (TPSA) is 58.7 Å². The first-order valence-electron chi connectivity index (χ1n) is 11.9. The number of carbonyl (C=O) groups excluding carboxylic acids is 1. The van der Waals surface area contributed by atoms with Gasteiger partial charge in [-0.05, 0) is 49.2 Å². The van der Waals surface area contributed by atoms with E-state index in [-0.39, 0.29) is 6.03 Å². The summed E-state index contributed by atoms with van der Waals surface area (Å²) in [6, 6.07) is 13.2. The third kappa shape index (κ3) is 3.66. The normalized spacial score (nSPS) is 19.2. The van der Waals surface area contributed by atoms with Gasteiger partial charge in [0.1, 0.15) is 5.65 Å². The highest BCUT2D eigenvalue weighted by molar-refractivity contribution is 5.95. The van der Waals surface area contributed by atoms with Crippen LogP contribution in [0.4, 0.5) is 16.2 Å². The number of aromatic nitrogens is 2. The van der Waals surface area contributed by atoms with Crippen LogP contribution in [0.1, 0.15) is 17.7 Å². The van der Waals surface area contributed by atoms with Gasteiger partial charge in [-0.25, -0.2) is 9.78 Å². The van der Waals surface area contributed by atoms with Gasteiger partial charge in [0.2, 0.25) is 0 Å². The van der Waals surface area contributed by atoms with E-state index in [0.717, 1.165) is 68.8 Å². The molecular weight excluding hydrogens is 412 g/mol. The second kappa shape index (κ2) is 8.23. The Morgan fingerprint density at radius 2 is 1.79 bits per heavy atom. The summed E-state index contributed by atoms with van der Waals surface area (Å²) in [5.74, 6) is 0. The Balaban J connectivity index is 1.23. The summed E-state index contributed by atoms with van der Waals surface area (Å²) >= 11 is 0. The first-order chi connectivity index (χ1) is 16.2. The molecule has 2 amide bonds. The van der Waals surface area contributed by atoms with Crippen molar-refractivity contribution in [3.8, 4) is 0 Å². The van der Waals surface area contributed by atoms with Gasteiger partial charge in [0.25, 0.3) is 0 Å². The highest BCUT2D eigenvalue weighted by Gasteiger charge is 2.26. The number of hydrogen-bond acceptors (Lipinski definition) is 4. The molecule has 5 heterocycles. The van der Waals surface area contributed by atoms with Crippen molar-refractivity contribution in [2.24, 2.45) is 0 Å². The Kier molecular flexibility index (Phi) is 5.06. The lowest BCUT2D eigenvalue weighted by atomic mass is 10.0. The number of hydrogen-bond donors (Lipinski definition) is 1. The Bertz CT molecular complexity index is 1220. The molecule has 6 rings (SSSR count). The van der Waals surface area contributed by atoms with Crippen LogP contribution in [0.2, 0.25) is 0 Å². The van der Waals surface area contributed by atoms with Crippen molar-refractivity contribution in [3.05, 3.63) is 59.9 Å². The van der Waals surface area contributed by atoms with Gasteiger partial charge in [-0.15, -0.1) is 0 Å². The molecular formula is C26H30N6O. The number of nitrogens with one attached hydrogen (secondary N) is 1. The van der Waals surface area contributed by atoms with Crippen molar-refractivity contribution < 1.29 is 4.79 Å². The van der Waals surface area contributed by atoms with E-state index in [1.165, 1.54) is 22.5 Å². The molecule has 0 bridgehead atoms. The number of nitrogens with zero attached hydrogens (tertiary/aromatic N) is 5. The summed E-state index contributed by atoms with van der Waals surface area (Å²) < 4.78 is 0. The molecule has 33 heavy (non-hydrogen) atoms. The number of H-pyrrole nitrogens is 1. The molecule has 0 aliphatic carbocycles. The van der Waals surface area contributed by atoms with Gasteiger partial charge in [-0.1, -0.05) is 24.3 Å². The van der Waals surface area contributed by atoms with Gasteiger partial charge in [-0.3, -0.25) is 0 Å². The molecule has 3 aliphatic rings. The van der Waals surface area contributed by atoms with E-state index in [2.05, 4.69) is 69.3 Å². The van der Waals surface area contributed by atoms with Crippen LogP contribution in [0.25, 0.3) is 16.6 Å². The first kappa shape index (κ1) is 20.3. The fourth-order valence-corrected chi connectivity index (χ4v) is 5.29. The van der Waals surface area contributed by atoms with Crippen LogP contribution in [0.5, 0.6) is 0 Å².